The number of benzene rings is 2. The number of carboxylic acid groups (broad SMARTS) is 1. The Labute approximate surface area is 195 Å². The normalized spacial score (nSPS) is 14.5. The lowest BCUT2D eigenvalue weighted by Gasteiger charge is -2.21. The minimum Gasteiger partial charge on any atom is -0.478 e. The smallest absolute Gasteiger partial charge is 0.336 e. The quantitative estimate of drug-likeness (QED) is 0.439. The number of aryl methyl sites for hydroxylation is 1. The maximum absolute atomic E-state index is 13.3. The molecule has 4 rings (SSSR count). The van der Waals surface area contributed by atoms with Crippen LogP contribution in [0, 0.1) is 5.92 Å². The van der Waals surface area contributed by atoms with Gasteiger partial charge in [0.05, 0.1) is 12.1 Å². The van der Waals surface area contributed by atoms with Crippen molar-refractivity contribution in [2.75, 3.05) is 0 Å². The molecule has 0 amide bonds. The Morgan fingerprint density at radius 1 is 1.03 bits per heavy atom. The third-order valence-corrected chi connectivity index (χ3v) is 6.86. The number of aromatic nitrogens is 2. The molecule has 0 unspecified atom stereocenters. The van der Waals surface area contributed by atoms with Crippen molar-refractivity contribution in [3.05, 3.63) is 82.0 Å². The van der Waals surface area contributed by atoms with Gasteiger partial charge in [0.15, 0.2) is 0 Å². The van der Waals surface area contributed by atoms with E-state index >= 15 is 0 Å². The van der Waals surface area contributed by atoms with E-state index in [2.05, 4.69) is 13.1 Å². The number of imidazole rings is 1. The van der Waals surface area contributed by atoms with Crippen molar-refractivity contribution in [2.24, 2.45) is 5.92 Å². The molecule has 0 radical (unpaired) electrons. The maximum atomic E-state index is 13.3. The first-order chi connectivity index (χ1) is 16.1. The van der Waals surface area contributed by atoms with E-state index < -0.39 is 5.97 Å². The molecule has 0 saturated heterocycles. The highest BCUT2D eigenvalue weighted by atomic mass is 16.4. The summed E-state index contributed by atoms with van der Waals surface area (Å²) in [5.74, 6) is -0.319. The minimum atomic E-state index is -0.930. The second-order valence-corrected chi connectivity index (χ2v) is 9.30. The van der Waals surface area contributed by atoms with Crippen LogP contribution in [0.25, 0.3) is 11.1 Å². The van der Waals surface area contributed by atoms with Gasteiger partial charge in [0.1, 0.15) is 0 Å². The molecule has 2 aromatic carbocycles. The van der Waals surface area contributed by atoms with E-state index in [9.17, 15) is 14.7 Å². The molecule has 5 heteroatoms. The molecule has 0 atom stereocenters. The van der Waals surface area contributed by atoms with Crippen LogP contribution < -0.4 is 5.69 Å². The average Bonchev–Trinajstić information content (AvgIpc) is 3.13. The minimum absolute atomic E-state index is 0.0898. The number of nitrogens with zero attached hydrogens (tertiary/aromatic N) is 2. The second-order valence-electron chi connectivity index (χ2n) is 9.30. The van der Waals surface area contributed by atoms with Crippen molar-refractivity contribution >= 4 is 5.97 Å². The fourth-order valence-corrected chi connectivity index (χ4v) is 4.98. The number of rotatable bonds is 9. The molecule has 0 aliphatic heterocycles. The van der Waals surface area contributed by atoms with Gasteiger partial charge in [-0.15, -0.1) is 0 Å². The van der Waals surface area contributed by atoms with Gasteiger partial charge in [0, 0.05) is 18.4 Å². The molecule has 3 aromatic rings. The predicted octanol–water partition coefficient (Wildman–Crippen LogP) is 5.99. The van der Waals surface area contributed by atoms with Crippen molar-refractivity contribution < 1.29 is 9.90 Å². The van der Waals surface area contributed by atoms with Gasteiger partial charge in [-0.1, -0.05) is 75.1 Å². The molecule has 1 aliphatic rings. The van der Waals surface area contributed by atoms with Crippen LogP contribution >= 0.6 is 0 Å². The van der Waals surface area contributed by atoms with Gasteiger partial charge in [0.2, 0.25) is 0 Å². The number of carbonyl (C=O) groups is 1. The molecule has 1 aromatic heterocycles. The van der Waals surface area contributed by atoms with Gasteiger partial charge in [0.25, 0.3) is 0 Å². The summed E-state index contributed by atoms with van der Waals surface area (Å²) >= 11 is 0. The van der Waals surface area contributed by atoms with Crippen LogP contribution in [0.5, 0.6) is 0 Å². The highest BCUT2D eigenvalue weighted by Gasteiger charge is 2.18. The van der Waals surface area contributed by atoms with Crippen molar-refractivity contribution in [1.82, 2.24) is 9.13 Å². The van der Waals surface area contributed by atoms with Crippen LogP contribution in [-0.4, -0.2) is 20.2 Å². The summed E-state index contributed by atoms with van der Waals surface area (Å²) in [6.07, 6.45) is 11.5. The standard InChI is InChI=1S/C28H34N2O3/c1-2-3-11-24-20-29(18-21-9-5-4-6-10-21)28(33)30(24)19-22-14-16-23(17-15-22)25-12-7-8-13-26(25)27(31)32/h7-8,12-17,20-21H,2-6,9-11,18-19H2,1H3,(H,31,32). The van der Waals surface area contributed by atoms with Crippen LogP contribution in [-0.2, 0) is 19.5 Å². The first-order valence-electron chi connectivity index (χ1n) is 12.3. The molecular formula is C28H34N2O3. The lowest BCUT2D eigenvalue weighted by atomic mass is 9.89. The number of aromatic carboxylic acids is 1. The summed E-state index contributed by atoms with van der Waals surface area (Å²) in [4.78, 5) is 24.9. The van der Waals surface area contributed by atoms with Crippen LogP contribution in [0.4, 0.5) is 0 Å². The highest BCUT2D eigenvalue weighted by molar-refractivity contribution is 5.95. The molecule has 1 heterocycles. The van der Waals surface area contributed by atoms with Crippen molar-refractivity contribution in [3.63, 3.8) is 0 Å². The fraction of sp³-hybridized carbons (Fsp3) is 0.429. The Morgan fingerprint density at radius 2 is 1.76 bits per heavy atom. The summed E-state index contributed by atoms with van der Waals surface area (Å²) < 4.78 is 3.87. The van der Waals surface area contributed by atoms with Gasteiger partial charge in [-0.05, 0) is 54.4 Å². The van der Waals surface area contributed by atoms with Crippen molar-refractivity contribution in [2.45, 2.75) is 71.4 Å². The zero-order valence-corrected chi connectivity index (χ0v) is 19.5. The molecule has 1 fully saturated rings. The van der Waals surface area contributed by atoms with E-state index in [4.69, 9.17) is 0 Å². The summed E-state index contributed by atoms with van der Waals surface area (Å²) in [5.41, 5.74) is 4.11. The third-order valence-electron chi connectivity index (χ3n) is 6.86. The first-order valence-corrected chi connectivity index (χ1v) is 12.3. The second kappa shape index (κ2) is 10.7. The van der Waals surface area contributed by atoms with E-state index in [-0.39, 0.29) is 5.69 Å². The molecule has 174 valence electrons. The number of carboxylic acids is 1. The maximum Gasteiger partial charge on any atom is 0.336 e. The molecule has 1 saturated carbocycles. The van der Waals surface area contributed by atoms with E-state index in [1.807, 2.05) is 45.5 Å². The molecule has 1 aliphatic carbocycles. The van der Waals surface area contributed by atoms with Gasteiger partial charge in [-0.2, -0.15) is 0 Å². The number of hydrogen-bond donors (Lipinski definition) is 1. The Kier molecular flexibility index (Phi) is 7.48. The van der Waals surface area contributed by atoms with Crippen molar-refractivity contribution in [1.29, 1.82) is 0 Å². The first kappa shape index (κ1) is 23.1. The zero-order valence-electron chi connectivity index (χ0n) is 19.5. The SMILES string of the molecule is CCCCc1cn(CC2CCCCC2)c(=O)n1Cc1ccc(-c2ccccc2C(=O)O)cc1. The third kappa shape index (κ3) is 5.47. The molecule has 1 N–H and O–H groups in total. The van der Waals surface area contributed by atoms with Gasteiger partial charge < -0.3 is 5.11 Å². The molecule has 33 heavy (non-hydrogen) atoms. The molecule has 0 bridgehead atoms. The number of hydrogen-bond acceptors (Lipinski definition) is 2. The van der Waals surface area contributed by atoms with E-state index in [0.717, 1.165) is 42.6 Å². The van der Waals surface area contributed by atoms with Gasteiger partial charge in [-0.3, -0.25) is 9.13 Å². The Balaban J connectivity index is 1.57. The van der Waals surface area contributed by atoms with Crippen LogP contribution in [0.15, 0.2) is 59.5 Å². The van der Waals surface area contributed by atoms with Crippen LogP contribution in [0.3, 0.4) is 0 Å². The Hall–Kier alpha value is -3.08. The van der Waals surface area contributed by atoms with Crippen molar-refractivity contribution in [3.8, 4) is 11.1 Å². The van der Waals surface area contributed by atoms with Crippen LogP contribution in [0.1, 0.15) is 73.5 Å². The number of unbranched alkanes of at least 4 members (excludes halogenated alkanes) is 1. The topological polar surface area (TPSA) is 64.2 Å². The summed E-state index contributed by atoms with van der Waals surface area (Å²) in [6.45, 7) is 3.54. The zero-order chi connectivity index (χ0) is 23.2. The monoisotopic (exact) mass is 446 g/mol. The fourth-order valence-electron chi connectivity index (χ4n) is 4.98. The summed E-state index contributed by atoms with van der Waals surface area (Å²) in [7, 11) is 0. The predicted molar refractivity (Wildman–Crippen MR) is 132 cm³/mol. The van der Waals surface area contributed by atoms with E-state index in [1.165, 1.54) is 32.1 Å². The largest absolute Gasteiger partial charge is 0.478 e. The lowest BCUT2D eigenvalue weighted by Crippen LogP contribution is -2.28. The highest BCUT2D eigenvalue weighted by Crippen LogP contribution is 2.26. The van der Waals surface area contributed by atoms with Gasteiger partial charge in [-0.25, -0.2) is 9.59 Å². The Bertz CT molecular complexity index is 1130. The molecular weight excluding hydrogens is 412 g/mol. The van der Waals surface area contributed by atoms with Crippen LogP contribution in [0.2, 0.25) is 0 Å². The summed E-state index contributed by atoms with van der Waals surface area (Å²) in [5, 5.41) is 9.49. The lowest BCUT2D eigenvalue weighted by molar-refractivity contribution is 0.0697. The Morgan fingerprint density at radius 3 is 2.45 bits per heavy atom. The summed E-state index contributed by atoms with van der Waals surface area (Å²) in [6, 6.07) is 15.0. The molecule has 0 spiro atoms. The average molecular weight is 447 g/mol. The van der Waals surface area contributed by atoms with E-state index in [0.29, 0.717) is 23.6 Å². The van der Waals surface area contributed by atoms with Gasteiger partial charge >= 0.3 is 11.7 Å². The molecule has 5 nitrogen and oxygen atoms in total. The van der Waals surface area contributed by atoms with E-state index in [1.54, 1.807) is 12.1 Å².